The van der Waals surface area contributed by atoms with Gasteiger partial charge in [-0.05, 0) is 37.1 Å². The predicted octanol–water partition coefficient (Wildman–Crippen LogP) is 2.78. The van der Waals surface area contributed by atoms with E-state index in [0.717, 1.165) is 24.2 Å². The minimum Gasteiger partial charge on any atom is -0.336 e. The average Bonchev–Trinajstić information content (AvgIpc) is 3.18. The van der Waals surface area contributed by atoms with Gasteiger partial charge in [0.05, 0.1) is 18.3 Å². The van der Waals surface area contributed by atoms with Crippen molar-refractivity contribution in [2.75, 3.05) is 11.4 Å². The molecule has 0 radical (unpaired) electrons. The van der Waals surface area contributed by atoms with Crippen molar-refractivity contribution in [2.45, 2.75) is 31.6 Å². The summed E-state index contributed by atoms with van der Waals surface area (Å²) in [4.78, 5) is 25.7. The van der Waals surface area contributed by atoms with Gasteiger partial charge in [-0.3, -0.25) is 9.78 Å². The van der Waals surface area contributed by atoms with Gasteiger partial charge < -0.3 is 4.90 Å². The number of anilines is 1. The van der Waals surface area contributed by atoms with Crippen molar-refractivity contribution in [3.05, 3.63) is 65.0 Å². The standard InChI is InChI=1S/C19H17F3N6O/c20-19(21,22)16-7-10-24-18(25-16)27-11-1-2-14(27)12-28-17(29)4-3-15(26-28)13-5-8-23-9-6-13/h3-10,14H,1-2,11-12H2. The summed E-state index contributed by atoms with van der Waals surface area (Å²) in [6, 6.07) is 7.26. The van der Waals surface area contributed by atoms with Gasteiger partial charge in [0.25, 0.3) is 5.56 Å². The maximum absolute atomic E-state index is 13.0. The Morgan fingerprint density at radius 3 is 2.62 bits per heavy atom. The molecule has 0 aliphatic carbocycles. The normalized spacial score (nSPS) is 16.9. The molecule has 1 unspecified atom stereocenters. The fraction of sp³-hybridized carbons (Fsp3) is 0.316. The van der Waals surface area contributed by atoms with Gasteiger partial charge in [-0.25, -0.2) is 14.6 Å². The van der Waals surface area contributed by atoms with Gasteiger partial charge in [-0.15, -0.1) is 0 Å². The second-order valence-electron chi connectivity index (χ2n) is 6.70. The van der Waals surface area contributed by atoms with Crippen LogP contribution in [-0.4, -0.2) is 37.3 Å². The van der Waals surface area contributed by atoms with Gasteiger partial charge >= 0.3 is 6.18 Å². The second kappa shape index (κ2) is 7.61. The lowest BCUT2D eigenvalue weighted by molar-refractivity contribution is -0.141. The van der Waals surface area contributed by atoms with Crippen LogP contribution in [0.2, 0.25) is 0 Å². The van der Waals surface area contributed by atoms with Crippen LogP contribution in [0.5, 0.6) is 0 Å². The topological polar surface area (TPSA) is 76.8 Å². The smallest absolute Gasteiger partial charge is 0.336 e. The second-order valence-corrected chi connectivity index (χ2v) is 6.70. The largest absolute Gasteiger partial charge is 0.433 e. The quantitative estimate of drug-likeness (QED) is 0.668. The Hall–Kier alpha value is -3.30. The molecule has 1 atom stereocenters. The molecule has 10 heteroatoms. The van der Waals surface area contributed by atoms with Crippen molar-refractivity contribution < 1.29 is 13.2 Å². The van der Waals surface area contributed by atoms with Crippen LogP contribution in [0, 0.1) is 0 Å². The molecule has 0 N–H and O–H groups in total. The van der Waals surface area contributed by atoms with E-state index in [0.29, 0.717) is 18.7 Å². The number of hydrogen-bond donors (Lipinski definition) is 0. The summed E-state index contributed by atoms with van der Waals surface area (Å²) in [7, 11) is 0. The maximum Gasteiger partial charge on any atom is 0.433 e. The first-order valence-electron chi connectivity index (χ1n) is 9.07. The molecule has 0 spiro atoms. The summed E-state index contributed by atoms with van der Waals surface area (Å²) in [6.07, 6.45) is 1.31. The predicted molar refractivity (Wildman–Crippen MR) is 99.1 cm³/mol. The number of alkyl halides is 3. The molecule has 0 amide bonds. The van der Waals surface area contributed by atoms with Gasteiger partial charge in [0, 0.05) is 36.8 Å². The fourth-order valence-corrected chi connectivity index (χ4v) is 3.39. The van der Waals surface area contributed by atoms with Gasteiger partial charge in [0.15, 0.2) is 0 Å². The monoisotopic (exact) mass is 402 g/mol. The highest BCUT2D eigenvalue weighted by Crippen LogP contribution is 2.30. The van der Waals surface area contributed by atoms with Crippen LogP contribution in [-0.2, 0) is 12.7 Å². The zero-order valence-corrected chi connectivity index (χ0v) is 15.3. The van der Waals surface area contributed by atoms with Crippen LogP contribution >= 0.6 is 0 Å². The Labute approximate surface area is 163 Å². The highest BCUT2D eigenvalue weighted by molar-refractivity contribution is 5.57. The lowest BCUT2D eigenvalue weighted by Gasteiger charge is -2.25. The Morgan fingerprint density at radius 1 is 1.07 bits per heavy atom. The molecular weight excluding hydrogens is 385 g/mol. The summed E-state index contributed by atoms with van der Waals surface area (Å²) in [5.41, 5.74) is 0.174. The van der Waals surface area contributed by atoms with E-state index >= 15 is 0 Å². The van der Waals surface area contributed by atoms with Gasteiger partial charge in [0.1, 0.15) is 5.69 Å². The molecule has 4 heterocycles. The molecule has 3 aromatic heterocycles. The summed E-state index contributed by atoms with van der Waals surface area (Å²) in [5, 5.41) is 4.42. The third-order valence-electron chi connectivity index (χ3n) is 4.79. The number of rotatable bonds is 4. The molecule has 0 aromatic carbocycles. The summed E-state index contributed by atoms with van der Waals surface area (Å²) in [6.45, 7) is 0.752. The molecule has 29 heavy (non-hydrogen) atoms. The average molecular weight is 402 g/mol. The highest BCUT2D eigenvalue weighted by atomic mass is 19.4. The van der Waals surface area contributed by atoms with E-state index < -0.39 is 11.9 Å². The van der Waals surface area contributed by atoms with Gasteiger partial charge in [-0.1, -0.05) is 0 Å². The molecule has 3 aromatic rings. The van der Waals surface area contributed by atoms with Crippen LogP contribution in [0.3, 0.4) is 0 Å². The Balaban J connectivity index is 1.60. The van der Waals surface area contributed by atoms with E-state index in [1.807, 2.05) is 0 Å². The van der Waals surface area contributed by atoms with Crippen LogP contribution < -0.4 is 10.5 Å². The zero-order chi connectivity index (χ0) is 20.4. The van der Waals surface area contributed by atoms with Crippen molar-refractivity contribution >= 4 is 5.95 Å². The molecule has 0 bridgehead atoms. The molecule has 1 aliphatic heterocycles. The van der Waals surface area contributed by atoms with Crippen LogP contribution in [0.15, 0.2) is 53.7 Å². The van der Waals surface area contributed by atoms with E-state index in [4.69, 9.17) is 0 Å². The van der Waals surface area contributed by atoms with Crippen LogP contribution in [0.1, 0.15) is 18.5 Å². The molecule has 0 saturated carbocycles. The zero-order valence-electron chi connectivity index (χ0n) is 15.3. The van der Waals surface area contributed by atoms with E-state index in [-0.39, 0.29) is 24.1 Å². The third-order valence-corrected chi connectivity index (χ3v) is 4.79. The number of nitrogens with zero attached hydrogens (tertiary/aromatic N) is 6. The number of halogens is 3. The first-order chi connectivity index (χ1) is 13.9. The van der Waals surface area contributed by atoms with Crippen molar-refractivity contribution in [1.29, 1.82) is 0 Å². The molecular formula is C19H17F3N6O. The highest BCUT2D eigenvalue weighted by Gasteiger charge is 2.34. The van der Waals surface area contributed by atoms with Crippen LogP contribution in [0.4, 0.5) is 19.1 Å². The van der Waals surface area contributed by atoms with Crippen molar-refractivity contribution in [3.8, 4) is 11.3 Å². The molecule has 1 aliphatic rings. The Morgan fingerprint density at radius 2 is 1.86 bits per heavy atom. The molecule has 1 fully saturated rings. The van der Waals surface area contributed by atoms with E-state index in [9.17, 15) is 18.0 Å². The van der Waals surface area contributed by atoms with Crippen molar-refractivity contribution in [1.82, 2.24) is 24.7 Å². The van der Waals surface area contributed by atoms with Crippen molar-refractivity contribution in [2.24, 2.45) is 0 Å². The summed E-state index contributed by atoms with van der Waals surface area (Å²) in [5.74, 6) is 0.0145. The number of pyridine rings is 1. The summed E-state index contributed by atoms with van der Waals surface area (Å²) < 4.78 is 40.3. The lowest BCUT2D eigenvalue weighted by atomic mass is 10.2. The van der Waals surface area contributed by atoms with E-state index in [1.54, 1.807) is 35.5 Å². The SMILES string of the molecule is O=c1ccc(-c2ccncc2)nn1CC1CCCN1c1nccc(C(F)(F)F)n1. The fourth-order valence-electron chi connectivity index (χ4n) is 3.39. The van der Waals surface area contributed by atoms with Crippen molar-refractivity contribution in [3.63, 3.8) is 0 Å². The molecule has 1 saturated heterocycles. The minimum atomic E-state index is -4.54. The van der Waals surface area contributed by atoms with E-state index in [2.05, 4.69) is 20.1 Å². The minimum absolute atomic E-state index is 0.0145. The Bertz CT molecular complexity index is 1050. The number of hydrogen-bond acceptors (Lipinski definition) is 6. The first-order valence-corrected chi connectivity index (χ1v) is 9.07. The van der Waals surface area contributed by atoms with Crippen LogP contribution in [0.25, 0.3) is 11.3 Å². The van der Waals surface area contributed by atoms with Gasteiger partial charge in [0.2, 0.25) is 5.95 Å². The Kier molecular flexibility index (Phi) is 4.99. The molecule has 7 nitrogen and oxygen atoms in total. The first kappa shape index (κ1) is 19.0. The van der Waals surface area contributed by atoms with E-state index in [1.165, 1.54) is 10.7 Å². The van der Waals surface area contributed by atoms with Gasteiger partial charge in [-0.2, -0.15) is 18.3 Å². The molecule has 4 rings (SSSR count). The lowest BCUT2D eigenvalue weighted by Crippen LogP contribution is -2.38. The summed E-state index contributed by atoms with van der Waals surface area (Å²) >= 11 is 0. The maximum atomic E-state index is 13.0. The molecule has 150 valence electrons. The third kappa shape index (κ3) is 4.10. The number of aromatic nitrogens is 5.